The number of hydrogen-bond donors (Lipinski definition) is 2. The van der Waals surface area contributed by atoms with E-state index in [0.29, 0.717) is 11.3 Å². The van der Waals surface area contributed by atoms with Crippen molar-refractivity contribution < 1.29 is 14.3 Å². The highest BCUT2D eigenvalue weighted by Gasteiger charge is 2.38. The van der Waals surface area contributed by atoms with Crippen LogP contribution in [0, 0.1) is 6.92 Å². The molecule has 0 aliphatic heterocycles. The third-order valence-electron chi connectivity index (χ3n) is 3.08. The van der Waals surface area contributed by atoms with E-state index in [9.17, 15) is 9.59 Å². The van der Waals surface area contributed by atoms with Gasteiger partial charge in [0, 0.05) is 11.3 Å². The molecule has 0 fully saturated rings. The molecule has 1 amide bonds. The summed E-state index contributed by atoms with van der Waals surface area (Å²) in [6, 6.07) is 15.7. The number of nitrogens with one attached hydrogen (secondary N) is 1. The van der Waals surface area contributed by atoms with Crippen molar-refractivity contribution in [1.82, 2.24) is 0 Å². The first-order valence-electron chi connectivity index (χ1n) is 6.40. The molecule has 0 aromatic heterocycles. The number of benzene rings is 2. The molecule has 0 aliphatic rings. The molecule has 0 bridgehead atoms. The van der Waals surface area contributed by atoms with Gasteiger partial charge in [0.2, 0.25) is 0 Å². The molecule has 0 heterocycles. The molecular formula is C16H16N2O3. The molecule has 2 aromatic rings. The number of aryl methyl sites for hydroxylation is 1. The Bertz CT molecular complexity index is 626. The van der Waals surface area contributed by atoms with E-state index in [1.54, 1.807) is 42.5 Å². The second-order valence-corrected chi connectivity index (χ2v) is 4.64. The Balaban J connectivity index is 2.27. The molecule has 0 spiro atoms. The Morgan fingerprint density at radius 1 is 1.14 bits per heavy atom. The van der Waals surface area contributed by atoms with E-state index in [0.717, 1.165) is 5.56 Å². The highest BCUT2D eigenvalue weighted by Crippen LogP contribution is 2.21. The van der Waals surface area contributed by atoms with Crippen LogP contribution in [-0.4, -0.2) is 12.4 Å². The SMILES string of the molecule is Cc1ccc(NC(=O)[C@](N)(OC=O)c2ccccc2)cc1. The fraction of sp³-hybridized carbons (Fsp3) is 0.125. The Kier molecular flexibility index (Phi) is 4.35. The molecule has 5 heteroatoms. The maximum absolute atomic E-state index is 12.4. The average molecular weight is 284 g/mol. The predicted molar refractivity (Wildman–Crippen MR) is 79.3 cm³/mol. The van der Waals surface area contributed by atoms with Gasteiger partial charge in [-0.05, 0) is 19.1 Å². The number of ether oxygens (including phenoxy) is 1. The molecular weight excluding hydrogens is 268 g/mol. The summed E-state index contributed by atoms with van der Waals surface area (Å²) in [5.41, 5.74) is 6.15. The van der Waals surface area contributed by atoms with Crippen LogP contribution in [0.4, 0.5) is 5.69 Å². The van der Waals surface area contributed by atoms with Gasteiger partial charge in [0.1, 0.15) is 0 Å². The molecule has 3 N–H and O–H groups in total. The van der Waals surface area contributed by atoms with Crippen molar-refractivity contribution in [2.24, 2.45) is 5.73 Å². The monoisotopic (exact) mass is 284 g/mol. The average Bonchev–Trinajstić information content (AvgIpc) is 2.50. The molecule has 1 atom stereocenters. The van der Waals surface area contributed by atoms with E-state index in [1.807, 2.05) is 19.1 Å². The number of rotatable bonds is 5. The van der Waals surface area contributed by atoms with Crippen molar-refractivity contribution in [3.05, 3.63) is 65.7 Å². The first-order valence-corrected chi connectivity index (χ1v) is 6.40. The van der Waals surface area contributed by atoms with Crippen molar-refractivity contribution in [2.75, 3.05) is 5.32 Å². The topological polar surface area (TPSA) is 81.4 Å². The highest BCUT2D eigenvalue weighted by atomic mass is 16.6. The van der Waals surface area contributed by atoms with Gasteiger partial charge in [-0.15, -0.1) is 0 Å². The lowest BCUT2D eigenvalue weighted by Gasteiger charge is -2.26. The smallest absolute Gasteiger partial charge is 0.295 e. The zero-order valence-electron chi connectivity index (χ0n) is 11.6. The van der Waals surface area contributed by atoms with Crippen LogP contribution in [0.15, 0.2) is 54.6 Å². The minimum atomic E-state index is -1.87. The van der Waals surface area contributed by atoms with Gasteiger partial charge in [0.25, 0.3) is 18.1 Å². The van der Waals surface area contributed by atoms with E-state index in [4.69, 9.17) is 10.5 Å². The van der Waals surface area contributed by atoms with Crippen molar-refractivity contribution in [2.45, 2.75) is 12.6 Å². The quantitative estimate of drug-likeness (QED) is 0.649. The van der Waals surface area contributed by atoms with Crippen LogP contribution in [0.1, 0.15) is 11.1 Å². The van der Waals surface area contributed by atoms with Crippen molar-refractivity contribution in [1.29, 1.82) is 0 Å². The first-order chi connectivity index (χ1) is 10.1. The van der Waals surface area contributed by atoms with Crippen molar-refractivity contribution in [3.8, 4) is 0 Å². The summed E-state index contributed by atoms with van der Waals surface area (Å²) in [6.07, 6.45) is 0. The highest BCUT2D eigenvalue weighted by molar-refractivity contribution is 5.98. The van der Waals surface area contributed by atoms with E-state index in [1.165, 1.54) is 0 Å². The number of amides is 1. The molecule has 108 valence electrons. The van der Waals surface area contributed by atoms with Gasteiger partial charge in [-0.3, -0.25) is 15.3 Å². The maximum atomic E-state index is 12.4. The van der Waals surface area contributed by atoms with Gasteiger partial charge in [0.05, 0.1) is 0 Å². The number of carbonyl (C=O) groups excluding carboxylic acids is 2. The molecule has 0 aliphatic carbocycles. The van der Waals surface area contributed by atoms with Gasteiger partial charge < -0.3 is 10.1 Å². The number of hydrogen-bond acceptors (Lipinski definition) is 4. The molecule has 0 saturated carbocycles. The minimum Gasteiger partial charge on any atom is -0.432 e. The molecule has 2 aromatic carbocycles. The van der Waals surface area contributed by atoms with Crippen LogP contribution in [0.25, 0.3) is 0 Å². The first kappa shape index (κ1) is 14.7. The number of nitrogens with two attached hydrogens (primary N) is 1. The zero-order valence-corrected chi connectivity index (χ0v) is 11.6. The summed E-state index contributed by atoms with van der Waals surface area (Å²) in [6.45, 7) is 2.11. The van der Waals surface area contributed by atoms with Crippen LogP contribution in [-0.2, 0) is 20.1 Å². The molecule has 0 unspecified atom stereocenters. The normalized spacial score (nSPS) is 13.0. The summed E-state index contributed by atoms with van der Waals surface area (Å²) < 4.78 is 4.86. The van der Waals surface area contributed by atoms with Gasteiger partial charge in [-0.25, -0.2) is 0 Å². The molecule has 0 radical (unpaired) electrons. The minimum absolute atomic E-state index is 0.168. The lowest BCUT2D eigenvalue weighted by atomic mass is 10.0. The van der Waals surface area contributed by atoms with Crippen molar-refractivity contribution in [3.63, 3.8) is 0 Å². The fourth-order valence-electron chi connectivity index (χ4n) is 1.88. The molecule has 2 rings (SSSR count). The van der Waals surface area contributed by atoms with Crippen LogP contribution in [0.5, 0.6) is 0 Å². The Labute approximate surface area is 122 Å². The predicted octanol–water partition coefficient (Wildman–Crippen LogP) is 1.92. The van der Waals surface area contributed by atoms with E-state index in [2.05, 4.69) is 5.32 Å². The third kappa shape index (κ3) is 3.27. The fourth-order valence-corrected chi connectivity index (χ4v) is 1.88. The van der Waals surface area contributed by atoms with Crippen LogP contribution < -0.4 is 11.1 Å². The van der Waals surface area contributed by atoms with Crippen LogP contribution in [0.3, 0.4) is 0 Å². The summed E-state index contributed by atoms with van der Waals surface area (Å²) in [5, 5.41) is 2.65. The Hall–Kier alpha value is -2.66. The van der Waals surface area contributed by atoms with E-state index in [-0.39, 0.29) is 6.47 Å². The molecule has 5 nitrogen and oxygen atoms in total. The largest absolute Gasteiger partial charge is 0.432 e. The summed E-state index contributed by atoms with van der Waals surface area (Å²) in [5.74, 6) is -0.621. The maximum Gasteiger partial charge on any atom is 0.295 e. The lowest BCUT2D eigenvalue weighted by molar-refractivity contribution is -0.155. The van der Waals surface area contributed by atoms with Crippen molar-refractivity contribution >= 4 is 18.1 Å². The van der Waals surface area contributed by atoms with Crippen LogP contribution >= 0.6 is 0 Å². The Morgan fingerprint density at radius 2 is 1.76 bits per heavy atom. The van der Waals surface area contributed by atoms with Gasteiger partial charge >= 0.3 is 0 Å². The van der Waals surface area contributed by atoms with Crippen LogP contribution in [0.2, 0.25) is 0 Å². The van der Waals surface area contributed by atoms with Gasteiger partial charge in [0.15, 0.2) is 0 Å². The third-order valence-corrected chi connectivity index (χ3v) is 3.08. The second kappa shape index (κ2) is 6.19. The lowest BCUT2D eigenvalue weighted by Crippen LogP contribution is -2.50. The van der Waals surface area contributed by atoms with E-state index >= 15 is 0 Å². The van der Waals surface area contributed by atoms with E-state index < -0.39 is 11.6 Å². The van der Waals surface area contributed by atoms with Gasteiger partial charge in [-0.1, -0.05) is 48.0 Å². The molecule has 21 heavy (non-hydrogen) atoms. The summed E-state index contributed by atoms with van der Waals surface area (Å²) in [4.78, 5) is 23.1. The van der Waals surface area contributed by atoms with Gasteiger partial charge in [-0.2, -0.15) is 0 Å². The number of anilines is 1. The second-order valence-electron chi connectivity index (χ2n) is 4.64. The Morgan fingerprint density at radius 3 is 2.33 bits per heavy atom. The standard InChI is InChI=1S/C16H16N2O3/c1-12-7-9-14(10-8-12)18-15(20)16(17,21-11-19)13-5-3-2-4-6-13/h2-11H,17H2,1H3,(H,18,20)/t16-/m1/s1. The summed E-state index contributed by atoms with van der Waals surface area (Å²) >= 11 is 0. The number of carbonyl (C=O) groups is 2. The summed E-state index contributed by atoms with van der Waals surface area (Å²) in [7, 11) is 0. The molecule has 0 saturated heterocycles. The zero-order chi connectivity index (χ0) is 15.3.